The number of amides is 2. The number of rotatable bonds is 4. The molecule has 0 bridgehead atoms. The van der Waals surface area contributed by atoms with E-state index >= 15 is 0 Å². The second-order valence-corrected chi connectivity index (χ2v) is 6.35. The van der Waals surface area contributed by atoms with Gasteiger partial charge in [0.05, 0.1) is 10.8 Å². The molecule has 0 aromatic heterocycles. The van der Waals surface area contributed by atoms with Crippen molar-refractivity contribution >= 4 is 51.8 Å². The first-order valence-electron chi connectivity index (χ1n) is 6.02. The van der Waals surface area contributed by atoms with Crippen LogP contribution in [0.15, 0.2) is 18.2 Å². The zero-order chi connectivity index (χ0) is 15.6. The van der Waals surface area contributed by atoms with Gasteiger partial charge in [-0.05, 0) is 24.6 Å². The Labute approximate surface area is 130 Å². The lowest BCUT2D eigenvalue weighted by Gasteiger charge is -2.10. The summed E-state index contributed by atoms with van der Waals surface area (Å²) in [5.41, 5.74) is 1.25. The molecule has 1 saturated heterocycles. The van der Waals surface area contributed by atoms with Gasteiger partial charge in [-0.25, -0.2) is 4.79 Å². The third kappa shape index (κ3) is 3.79. The van der Waals surface area contributed by atoms with E-state index in [1.54, 1.807) is 13.0 Å². The van der Waals surface area contributed by atoms with Crippen molar-refractivity contribution in [3.05, 3.63) is 29.3 Å². The van der Waals surface area contributed by atoms with Crippen molar-refractivity contribution in [1.82, 2.24) is 5.32 Å². The summed E-state index contributed by atoms with van der Waals surface area (Å²) < 4.78 is 0.363. The molecule has 1 atom stereocenters. The molecule has 1 aromatic carbocycles. The molecule has 0 radical (unpaired) electrons. The van der Waals surface area contributed by atoms with Crippen LogP contribution in [0.25, 0.3) is 0 Å². The number of aromatic carboxylic acids is 1. The molecule has 3 N–H and O–H groups in total. The standard InChI is InChI=1S/C13H12N2O4S2/c1-6-2-3-7(12(18)19)4-8(6)14-10(16)5-9-11(17)15-13(20)21-9/h2-4,9H,5H2,1H3,(H,14,16)(H,18,19)(H,15,17,20)/t9-/m0/s1. The summed E-state index contributed by atoms with van der Waals surface area (Å²) in [6, 6.07) is 4.47. The third-order valence-electron chi connectivity index (χ3n) is 2.90. The Bertz CT molecular complexity index is 645. The van der Waals surface area contributed by atoms with E-state index in [4.69, 9.17) is 17.3 Å². The highest BCUT2D eigenvalue weighted by Gasteiger charge is 2.31. The lowest BCUT2D eigenvalue weighted by atomic mass is 10.1. The molecule has 1 fully saturated rings. The quantitative estimate of drug-likeness (QED) is 0.727. The summed E-state index contributed by atoms with van der Waals surface area (Å²) in [5, 5.41) is 13.5. The summed E-state index contributed by atoms with van der Waals surface area (Å²) in [4.78, 5) is 34.4. The predicted octanol–water partition coefficient (Wildman–Crippen LogP) is 1.54. The van der Waals surface area contributed by atoms with Crippen LogP contribution >= 0.6 is 24.0 Å². The first-order chi connectivity index (χ1) is 9.86. The van der Waals surface area contributed by atoms with Crippen LogP contribution in [-0.2, 0) is 9.59 Å². The van der Waals surface area contributed by atoms with Crippen molar-refractivity contribution in [1.29, 1.82) is 0 Å². The van der Waals surface area contributed by atoms with E-state index in [1.807, 2.05) is 0 Å². The summed E-state index contributed by atoms with van der Waals surface area (Å²) in [6.45, 7) is 1.76. The summed E-state index contributed by atoms with van der Waals surface area (Å²) in [5.74, 6) is -1.71. The van der Waals surface area contributed by atoms with Crippen molar-refractivity contribution < 1.29 is 19.5 Å². The van der Waals surface area contributed by atoms with E-state index in [1.165, 1.54) is 12.1 Å². The molecular weight excluding hydrogens is 312 g/mol. The van der Waals surface area contributed by atoms with Crippen molar-refractivity contribution in [2.45, 2.75) is 18.6 Å². The average Bonchev–Trinajstić information content (AvgIpc) is 2.70. The van der Waals surface area contributed by atoms with E-state index in [0.29, 0.717) is 10.0 Å². The highest BCUT2D eigenvalue weighted by Crippen LogP contribution is 2.23. The Morgan fingerprint density at radius 1 is 1.48 bits per heavy atom. The lowest BCUT2D eigenvalue weighted by Crippen LogP contribution is -2.27. The van der Waals surface area contributed by atoms with E-state index in [2.05, 4.69) is 10.6 Å². The highest BCUT2D eigenvalue weighted by molar-refractivity contribution is 8.24. The number of thioether (sulfide) groups is 1. The van der Waals surface area contributed by atoms with Crippen LogP contribution in [0.1, 0.15) is 22.3 Å². The maximum Gasteiger partial charge on any atom is 0.335 e. The molecule has 0 unspecified atom stereocenters. The number of carbonyl (C=O) groups excluding carboxylic acids is 2. The third-order valence-corrected chi connectivity index (χ3v) is 4.27. The Morgan fingerprint density at radius 3 is 2.76 bits per heavy atom. The molecule has 21 heavy (non-hydrogen) atoms. The number of hydrogen-bond acceptors (Lipinski definition) is 5. The van der Waals surface area contributed by atoms with Crippen LogP contribution < -0.4 is 10.6 Å². The molecule has 110 valence electrons. The minimum Gasteiger partial charge on any atom is -0.478 e. The van der Waals surface area contributed by atoms with E-state index in [-0.39, 0.29) is 23.8 Å². The number of aryl methyl sites for hydroxylation is 1. The van der Waals surface area contributed by atoms with Gasteiger partial charge in [-0.3, -0.25) is 9.59 Å². The highest BCUT2D eigenvalue weighted by atomic mass is 32.2. The van der Waals surface area contributed by atoms with Gasteiger partial charge >= 0.3 is 5.97 Å². The van der Waals surface area contributed by atoms with Gasteiger partial charge in [0.1, 0.15) is 4.32 Å². The van der Waals surface area contributed by atoms with Crippen LogP contribution in [0.4, 0.5) is 5.69 Å². The Kier molecular flexibility index (Phi) is 4.59. The lowest BCUT2D eigenvalue weighted by molar-refractivity contribution is -0.122. The molecule has 6 nitrogen and oxygen atoms in total. The van der Waals surface area contributed by atoms with Gasteiger partial charge in [0.2, 0.25) is 11.8 Å². The number of anilines is 1. The van der Waals surface area contributed by atoms with Crippen molar-refractivity contribution in [2.75, 3.05) is 5.32 Å². The van der Waals surface area contributed by atoms with Crippen LogP contribution in [0, 0.1) is 6.92 Å². The summed E-state index contributed by atoms with van der Waals surface area (Å²) in [6.07, 6.45) is -0.0205. The van der Waals surface area contributed by atoms with Gasteiger partial charge in [-0.15, -0.1) is 0 Å². The molecular formula is C13H12N2O4S2. The number of carboxylic acid groups (broad SMARTS) is 1. The number of carboxylic acids is 1. The second kappa shape index (κ2) is 6.23. The monoisotopic (exact) mass is 324 g/mol. The largest absolute Gasteiger partial charge is 0.478 e. The fourth-order valence-corrected chi connectivity index (χ4v) is 3.05. The topological polar surface area (TPSA) is 95.5 Å². The fraction of sp³-hybridized carbons (Fsp3) is 0.231. The number of hydrogen-bond donors (Lipinski definition) is 3. The zero-order valence-corrected chi connectivity index (χ0v) is 12.6. The Morgan fingerprint density at radius 2 is 2.19 bits per heavy atom. The first-order valence-corrected chi connectivity index (χ1v) is 7.31. The molecule has 8 heteroatoms. The fourth-order valence-electron chi connectivity index (χ4n) is 1.79. The Hall–Kier alpha value is -1.93. The molecule has 0 saturated carbocycles. The average molecular weight is 324 g/mol. The normalized spacial score (nSPS) is 17.5. The molecule has 1 heterocycles. The maximum atomic E-state index is 12.0. The van der Waals surface area contributed by atoms with E-state index in [0.717, 1.165) is 17.3 Å². The predicted molar refractivity (Wildman–Crippen MR) is 83.5 cm³/mol. The van der Waals surface area contributed by atoms with Gasteiger partial charge in [0.15, 0.2) is 0 Å². The minimum atomic E-state index is -1.07. The summed E-state index contributed by atoms with van der Waals surface area (Å²) >= 11 is 6.00. The zero-order valence-electron chi connectivity index (χ0n) is 11.0. The van der Waals surface area contributed by atoms with Crippen LogP contribution in [0.5, 0.6) is 0 Å². The van der Waals surface area contributed by atoms with Crippen LogP contribution in [-0.4, -0.2) is 32.5 Å². The van der Waals surface area contributed by atoms with Gasteiger partial charge in [0, 0.05) is 12.1 Å². The molecule has 2 amide bonds. The molecule has 1 aromatic rings. The number of nitrogens with one attached hydrogen (secondary N) is 2. The van der Waals surface area contributed by atoms with Crippen molar-refractivity contribution in [3.8, 4) is 0 Å². The first kappa shape index (κ1) is 15.5. The van der Waals surface area contributed by atoms with Gasteiger partial charge in [0.25, 0.3) is 0 Å². The van der Waals surface area contributed by atoms with Crippen molar-refractivity contribution in [2.24, 2.45) is 0 Å². The van der Waals surface area contributed by atoms with Crippen molar-refractivity contribution in [3.63, 3.8) is 0 Å². The smallest absolute Gasteiger partial charge is 0.335 e. The number of benzene rings is 1. The van der Waals surface area contributed by atoms with Gasteiger partial charge in [-0.1, -0.05) is 30.0 Å². The minimum absolute atomic E-state index is 0.0205. The molecule has 1 aliphatic rings. The van der Waals surface area contributed by atoms with E-state index in [9.17, 15) is 14.4 Å². The molecule has 1 aliphatic heterocycles. The van der Waals surface area contributed by atoms with Gasteiger partial charge < -0.3 is 15.7 Å². The number of carbonyl (C=O) groups is 3. The Balaban J connectivity index is 2.06. The molecule has 0 aliphatic carbocycles. The molecule has 2 rings (SSSR count). The van der Waals surface area contributed by atoms with Gasteiger partial charge in [-0.2, -0.15) is 0 Å². The maximum absolute atomic E-state index is 12.0. The SMILES string of the molecule is Cc1ccc(C(=O)O)cc1NC(=O)C[C@@H]1SC(=S)NC1=O. The number of thiocarbonyl (C=S) groups is 1. The summed E-state index contributed by atoms with van der Waals surface area (Å²) in [7, 11) is 0. The van der Waals surface area contributed by atoms with Crippen LogP contribution in [0.3, 0.4) is 0 Å². The van der Waals surface area contributed by atoms with Crippen LogP contribution in [0.2, 0.25) is 0 Å². The second-order valence-electron chi connectivity index (χ2n) is 4.47. The molecule has 0 spiro atoms. The van der Waals surface area contributed by atoms with E-state index < -0.39 is 11.2 Å².